The molecule has 1 aliphatic heterocycles. The van der Waals surface area contributed by atoms with Gasteiger partial charge in [-0.1, -0.05) is 23.4 Å². The molecule has 0 spiro atoms. The molecule has 0 atom stereocenters. The van der Waals surface area contributed by atoms with Gasteiger partial charge < -0.3 is 19.9 Å². The maximum atomic E-state index is 13.0. The van der Waals surface area contributed by atoms with Crippen LogP contribution in [-0.2, 0) is 19.7 Å². The van der Waals surface area contributed by atoms with Gasteiger partial charge in [0.1, 0.15) is 18.2 Å². The molecule has 0 amide bonds. The fourth-order valence-electron chi connectivity index (χ4n) is 3.32. The number of aromatic nitrogens is 2. The number of hydrogen-bond acceptors (Lipinski definition) is 7. The van der Waals surface area contributed by atoms with E-state index < -0.39 is 0 Å². The molecule has 1 fully saturated rings. The van der Waals surface area contributed by atoms with Crippen molar-refractivity contribution >= 4 is 30.5 Å². The molecule has 0 radical (unpaired) electrons. The largest absolute Gasteiger partial charge is 0.489 e. The highest BCUT2D eigenvalue weighted by molar-refractivity contribution is 5.85. The van der Waals surface area contributed by atoms with E-state index in [1.165, 1.54) is 12.1 Å². The van der Waals surface area contributed by atoms with Crippen LogP contribution in [0.5, 0.6) is 5.75 Å². The molecule has 1 saturated heterocycles. The van der Waals surface area contributed by atoms with E-state index in [1.807, 2.05) is 18.2 Å². The van der Waals surface area contributed by atoms with E-state index in [0.29, 0.717) is 24.9 Å². The minimum absolute atomic E-state index is 0. The average molecular weight is 470 g/mol. The number of anilines is 1. The summed E-state index contributed by atoms with van der Waals surface area (Å²) in [6.07, 6.45) is 0. The smallest absolute Gasteiger partial charge is 0.240 e. The van der Waals surface area contributed by atoms with Crippen molar-refractivity contribution in [3.05, 3.63) is 71.6 Å². The van der Waals surface area contributed by atoms with Crippen LogP contribution in [0.1, 0.15) is 17.3 Å². The zero-order chi connectivity index (χ0) is 20.1. The third kappa shape index (κ3) is 6.80. The van der Waals surface area contributed by atoms with Crippen LogP contribution in [0.2, 0.25) is 0 Å². The number of nitrogens with two attached hydrogens (primary N) is 1. The zero-order valence-corrected chi connectivity index (χ0v) is 18.6. The van der Waals surface area contributed by atoms with Gasteiger partial charge in [0.2, 0.25) is 5.89 Å². The first-order chi connectivity index (χ1) is 14.2. The highest BCUT2D eigenvalue weighted by atomic mass is 35.5. The Labute approximate surface area is 193 Å². The molecule has 4 rings (SSSR count). The Balaban J connectivity index is 0.00000171. The highest BCUT2D eigenvalue weighted by Gasteiger charge is 2.19. The normalized spacial score (nSPS) is 13.9. The van der Waals surface area contributed by atoms with Crippen LogP contribution in [0.4, 0.5) is 10.1 Å². The Morgan fingerprint density at radius 3 is 2.45 bits per heavy atom. The van der Waals surface area contributed by atoms with Crippen molar-refractivity contribution in [2.24, 2.45) is 5.73 Å². The molecular weight excluding hydrogens is 444 g/mol. The van der Waals surface area contributed by atoms with E-state index >= 15 is 0 Å². The first-order valence-electron chi connectivity index (χ1n) is 9.66. The monoisotopic (exact) mass is 469 g/mol. The van der Waals surface area contributed by atoms with Gasteiger partial charge in [0.25, 0.3) is 0 Å². The van der Waals surface area contributed by atoms with E-state index in [9.17, 15) is 4.39 Å². The number of benzene rings is 2. The van der Waals surface area contributed by atoms with Crippen LogP contribution >= 0.6 is 24.8 Å². The number of halogens is 3. The molecule has 31 heavy (non-hydrogen) atoms. The molecule has 1 aromatic heterocycles. The summed E-state index contributed by atoms with van der Waals surface area (Å²) in [6.45, 7) is 4.97. The molecule has 168 valence electrons. The Morgan fingerprint density at radius 2 is 1.77 bits per heavy atom. The maximum absolute atomic E-state index is 13.0. The molecule has 0 aliphatic carbocycles. The second-order valence-corrected chi connectivity index (χ2v) is 6.98. The molecular formula is C21H26Cl2FN5O2. The predicted octanol–water partition coefficient (Wildman–Crippen LogP) is 3.41. The van der Waals surface area contributed by atoms with Gasteiger partial charge in [-0.05, 0) is 29.8 Å². The lowest BCUT2D eigenvalue weighted by atomic mass is 10.2. The van der Waals surface area contributed by atoms with Crippen LogP contribution < -0.4 is 15.4 Å². The highest BCUT2D eigenvalue weighted by Crippen LogP contribution is 2.23. The Hall–Kier alpha value is -2.39. The summed E-state index contributed by atoms with van der Waals surface area (Å²) >= 11 is 0. The molecule has 7 nitrogen and oxygen atoms in total. The number of nitrogens with zero attached hydrogens (tertiary/aromatic N) is 4. The molecule has 0 unspecified atom stereocenters. The van der Waals surface area contributed by atoms with Crippen LogP contribution in [0, 0.1) is 5.82 Å². The lowest BCUT2D eigenvalue weighted by molar-refractivity contribution is 0.239. The summed E-state index contributed by atoms with van der Waals surface area (Å²) in [5.41, 5.74) is 7.58. The molecule has 0 bridgehead atoms. The molecule has 2 N–H and O–H groups in total. The van der Waals surface area contributed by atoms with Crippen molar-refractivity contribution in [1.29, 1.82) is 0 Å². The summed E-state index contributed by atoms with van der Waals surface area (Å²) in [4.78, 5) is 8.90. The second kappa shape index (κ2) is 11.9. The summed E-state index contributed by atoms with van der Waals surface area (Å²) < 4.78 is 24.0. The van der Waals surface area contributed by atoms with Gasteiger partial charge in [-0.25, -0.2) is 4.39 Å². The third-order valence-corrected chi connectivity index (χ3v) is 4.92. The fraction of sp³-hybridized carbons (Fsp3) is 0.333. The quantitative estimate of drug-likeness (QED) is 0.567. The zero-order valence-electron chi connectivity index (χ0n) is 16.9. The number of hydrogen-bond donors (Lipinski definition) is 1. The first-order valence-corrected chi connectivity index (χ1v) is 9.66. The lowest BCUT2D eigenvalue weighted by Gasteiger charge is -2.35. The molecule has 3 aromatic rings. The molecule has 0 saturated carbocycles. The molecule has 2 aromatic carbocycles. The van der Waals surface area contributed by atoms with Crippen molar-refractivity contribution in [2.75, 3.05) is 31.1 Å². The van der Waals surface area contributed by atoms with Crippen LogP contribution in [0.25, 0.3) is 0 Å². The van der Waals surface area contributed by atoms with Crippen LogP contribution in [0.15, 0.2) is 53.1 Å². The van der Waals surface area contributed by atoms with Crippen LogP contribution in [0.3, 0.4) is 0 Å². The summed E-state index contributed by atoms with van der Waals surface area (Å²) in [6, 6.07) is 14.4. The third-order valence-electron chi connectivity index (χ3n) is 4.92. The maximum Gasteiger partial charge on any atom is 0.240 e. The van der Waals surface area contributed by atoms with Gasteiger partial charge >= 0.3 is 0 Å². The van der Waals surface area contributed by atoms with E-state index in [4.69, 9.17) is 15.0 Å². The Morgan fingerprint density at radius 1 is 1.03 bits per heavy atom. The average Bonchev–Trinajstić information content (AvgIpc) is 3.22. The minimum Gasteiger partial charge on any atom is -0.489 e. The van der Waals surface area contributed by atoms with E-state index in [-0.39, 0.29) is 37.2 Å². The second-order valence-electron chi connectivity index (χ2n) is 6.98. The van der Waals surface area contributed by atoms with Crippen molar-refractivity contribution in [3.63, 3.8) is 0 Å². The van der Waals surface area contributed by atoms with Gasteiger partial charge in [-0.15, -0.1) is 24.8 Å². The van der Waals surface area contributed by atoms with E-state index in [2.05, 4.69) is 26.0 Å². The molecule has 2 heterocycles. The van der Waals surface area contributed by atoms with Crippen molar-refractivity contribution in [1.82, 2.24) is 15.0 Å². The topological polar surface area (TPSA) is 80.7 Å². The van der Waals surface area contributed by atoms with Gasteiger partial charge in [0, 0.05) is 37.9 Å². The van der Waals surface area contributed by atoms with Gasteiger partial charge in [0.05, 0.1) is 13.1 Å². The molecule has 1 aliphatic rings. The molecule has 10 heteroatoms. The number of rotatable bonds is 7. The predicted molar refractivity (Wildman–Crippen MR) is 121 cm³/mol. The van der Waals surface area contributed by atoms with Gasteiger partial charge in [-0.2, -0.15) is 4.98 Å². The van der Waals surface area contributed by atoms with Crippen molar-refractivity contribution in [2.45, 2.75) is 19.7 Å². The van der Waals surface area contributed by atoms with Crippen molar-refractivity contribution < 1.29 is 13.7 Å². The van der Waals surface area contributed by atoms with Gasteiger partial charge in [-0.3, -0.25) is 4.90 Å². The summed E-state index contributed by atoms with van der Waals surface area (Å²) in [5, 5.41) is 3.96. The summed E-state index contributed by atoms with van der Waals surface area (Å²) in [5.74, 6) is 1.70. The summed E-state index contributed by atoms with van der Waals surface area (Å²) in [7, 11) is 0. The van der Waals surface area contributed by atoms with E-state index in [0.717, 1.165) is 43.2 Å². The number of piperazine rings is 1. The van der Waals surface area contributed by atoms with Gasteiger partial charge in [0.15, 0.2) is 5.82 Å². The Kier molecular flexibility index (Phi) is 9.51. The lowest BCUT2D eigenvalue weighted by Crippen LogP contribution is -2.46. The SMILES string of the molecule is Cl.Cl.NCc1nc(CN2CCN(c3cccc(OCc4ccc(F)cc4)c3)CC2)no1. The fourth-order valence-corrected chi connectivity index (χ4v) is 3.32. The minimum atomic E-state index is -0.242. The standard InChI is InChI=1S/C21H24FN5O2.2ClH/c22-17-6-4-16(5-7-17)15-28-19-3-1-2-18(12-19)27-10-8-26(9-11-27)14-20-24-21(13-23)29-25-20;;/h1-7,12H,8-11,13-15,23H2;2*1H. The van der Waals surface area contributed by atoms with Crippen molar-refractivity contribution in [3.8, 4) is 5.75 Å². The van der Waals surface area contributed by atoms with Crippen LogP contribution in [-0.4, -0.2) is 41.2 Å². The Bertz CT molecular complexity index is 934. The van der Waals surface area contributed by atoms with E-state index in [1.54, 1.807) is 12.1 Å². The first kappa shape index (κ1) is 24.9. The number of ether oxygens (including phenoxy) is 1.